The molecule has 5 nitrogen and oxygen atoms in total. The highest BCUT2D eigenvalue weighted by Gasteiger charge is 2.20. The fourth-order valence-corrected chi connectivity index (χ4v) is 1.87. The van der Waals surface area contributed by atoms with Crippen molar-refractivity contribution in [3.05, 3.63) is 42.2 Å². The number of amides is 1. The predicted molar refractivity (Wildman–Crippen MR) is 76.0 cm³/mol. The van der Waals surface area contributed by atoms with Crippen LogP contribution < -0.4 is 10.6 Å². The number of nitrogens with two attached hydrogens (primary N) is 1. The number of para-hydroxylation sites is 1. The molecule has 0 saturated heterocycles. The number of rotatable bonds is 5. The summed E-state index contributed by atoms with van der Waals surface area (Å²) in [5.41, 5.74) is 7.34. The summed E-state index contributed by atoms with van der Waals surface area (Å²) in [4.78, 5) is 14.2. The molecule has 0 aliphatic carbocycles. The molecular weight excluding hydrogens is 240 g/mol. The van der Waals surface area contributed by atoms with E-state index < -0.39 is 0 Å². The van der Waals surface area contributed by atoms with E-state index in [2.05, 4.69) is 17.1 Å². The van der Waals surface area contributed by atoms with E-state index in [9.17, 15) is 4.79 Å². The van der Waals surface area contributed by atoms with Gasteiger partial charge in [0.1, 0.15) is 5.69 Å². The van der Waals surface area contributed by atoms with Crippen LogP contribution in [0.5, 0.6) is 0 Å². The van der Waals surface area contributed by atoms with E-state index in [4.69, 9.17) is 5.73 Å². The zero-order chi connectivity index (χ0) is 13.7. The zero-order valence-electron chi connectivity index (χ0n) is 11.0. The van der Waals surface area contributed by atoms with Gasteiger partial charge < -0.3 is 10.6 Å². The highest BCUT2D eigenvalue weighted by molar-refractivity contribution is 6.07. The molecule has 2 rings (SSSR count). The van der Waals surface area contributed by atoms with Crippen molar-refractivity contribution in [2.24, 2.45) is 0 Å². The smallest absolute Gasteiger partial charge is 0.278 e. The van der Waals surface area contributed by atoms with Gasteiger partial charge in [0, 0.05) is 12.2 Å². The molecule has 0 spiro atoms. The Kier molecular flexibility index (Phi) is 4.18. The Morgan fingerprint density at radius 1 is 1.37 bits per heavy atom. The second-order valence-corrected chi connectivity index (χ2v) is 4.35. The largest absolute Gasteiger partial charge is 0.396 e. The van der Waals surface area contributed by atoms with Crippen molar-refractivity contribution in [3.63, 3.8) is 0 Å². The molecule has 5 heteroatoms. The first-order chi connectivity index (χ1) is 9.24. The first-order valence-corrected chi connectivity index (χ1v) is 6.39. The Morgan fingerprint density at radius 2 is 2.11 bits per heavy atom. The van der Waals surface area contributed by atoms with E-state index in [0.29, 0.717) is 17.9 Å². The van der Waals surface area contributed by atoms with Gasteiger partial charge in [-0.05, 0) is 18.6 Å². The Hall–Kier alpha value is -2.30. The molecule has 0 bridgehead atoms. The van der Waals surface area contributed by atoms with E-state index in [-0.39, 0.29) is 5.91 Å². The lowest BCUT2D eigenvalue weighted by Gasteiger charge is -2.22. The van der Waals surface area contributed by atoms with Gasteiger partial charge in [-0.2, -0.15) is 5.10 Å². The van der Waals surface area contributed by atoms with Crippen LogP contribution in [0, 0.1) is 0 Å². The van der Waals surface area contributed by atoms with Crippen molar-refractivity contribution >= 4 is 17.3 Å². The van der Waals surface area contributed by atoms with Crippen molar-refractivity contribution in [1.29, 1.82) is 0 Å². The molecule has 19 heavy (non-hydrogen) atoms. The van der Waals surface area contributed by atoms with Crippen molar-refractivity contribution < 1.29 is 4.79 Å². The molecular formula is C14H18N4O. The minimum atomic E-state index is -0.144. The third kappa shape index (κ3) is 2.93. The molecule has 0 fully saturated rings. The SMILES string of the molecule is CCCCN(C(=O)c1[nH]ncc1N)c1ccccc1. The van der Waals surface area contributed by atoms with Crippen LogP contribution in [0.15, 0.2) is 36.5 Å². The molecule has 0 aliphatic heterocycles. The molecule has 0 unspecified atom stereocenters. The number of aromatic nitrogens is 2. The maximum atomic E-state index is 12.5. The monoisotopic (exact) mass is 258 g/mol. The average molecular weight is 258 g/mol. The van der Waals surface area contributed by atoms with Gasteiger partial charge in [-0.3, -0.25) is 9.89 Å². The van der Waals surface area contributed by atoms with E-state index in [0.717, 1.165) is 18.5 Å². The van der Waals surface area contributed by atoms with Crippen LogP contribution in [0.2, 0.25) is 0 Å². The summed E-state index contributed by atoms with van der Waals surface area (Å²) in [5.74, 6) is -0.144. The Bertz CT molecular complexity index is 535. The molecule has 2 aromatic rings. The fourth-order valence-electron chi connectivity index (χ4n) is 1.87. The minimum Gasteiger partial charge on any atom is -0.396 e. The highest BCUT2D eigenvalue weighted by Crippen LogP contribution is 2.19. The molecule has 1 aromatic carbocycles. The van der Waals surface area contributed by atoms with E-state index in [1.165, 1.54) is 6.20 Å². The van der Waals surface area contributed by atoms with Crippen LogP contribution in [0.25, 0.3) is 0 Å². The average Bonchev–Trinajstić information content (AvgIpc) is 2.86. The number of carbonyl (C=O) groups is 1. The lowest BCUT2D eigenvalue weighted by Crippen LogP contribution is -2.32. The Morgan fingerprint density at radius 3 is 2.68 bits per heavy atom. The summed E-state index contributed by atoms with van der Waals surface area (Å²) in [7, 11) is 0. The number of carbonyl (C=O) groups excluding carboxylic acids is 1. The Labute approximate surface area is 112 Å². The first kappa shape index (κ1) is 13.1. The van der Waals surface area contributed by atoms with Crippen LogP contribution in [-0.4, -0.2) is 22.6 Å². The van der Waals surface area contributed by atoms with Crippen LogP contribution >= 0.6 is 0 Å². The summed E-state index contributed by atoms with van der Waals surface area (Å²) in [6.07, 6.45) is 3.42. The van der Waals surface area contributed by atoms with E-state index in [1.54, 1.807) is 4.90 Å². The molecule has 1 aromatic heterocycles. The van der Waals surface area contributed by atoms with Gasteiger partial charge in [0.15, 0.2) is 0 Å². The van der Waals surface area contributed by atoms with Crippen molar-refractivity contribution in [1.82, 2.24) is 10.2 Å². The molecule has 100 valence electrons. The zero-order valence-corrected chi connectivity index (χ0v) is 11.0. The van der Waals surface area contributed by atoms with Crippen LogP contribution in [0.3, 0.4) is 0 Å². The Balaban J connectivity index is 2.28. The topological polar surface area (TPSA) is 75.0 Å². The summed E-state index contributed by atoms with van der Waals surface area (Å²) < 4.78 is 0. The van der Waals surface area contributed by atoms with Crippen LogP contribution in [0.4, 0.5) is 11.4 Å². The lowest BCUT2D eigenvalue weighted by atomic mass is 10.2. The van der Waals surface area contributed by atoms with Gasteiger partial charge in [-0.15, -0.1) is 0 Å². The van der Waals surface area contributed by atoms with Gasteiger partial charge in [0.2, 0.25) is 0 Å². The van der Waals surface area contributed by atoms with E-state index >= 15 is 0 Å². The van der Waals surface area contributed by atoms with Crippen molar-refractivity contribution in [2.75, 3.05) is 17.2 Å². The predicted octanol–water partition coefficient (Wildman–Crippen LogP) is 2.44. The highest BCUT2D eigenvalue weighted by atomic mass is 16.2. The van der Waals surface area contributed by atoms with Crippen molar-refractivity contribution in [3.8, 4) is 0 Å². The fraction of sp³-hybridized carbons (Fsp3) is 0.286. The number of H-pyrrole nitrogens is 1. The molecule has 0 saturated carbocycles. The number of nitrogens with one attached hydrogen (secondary N) is 1. The van der Waals surface area contributed by atoms with Crippen molar-refractivity contribution in [2.45, 2.75) is 19.8 Å². The van der Waals surface area contributed by atoms with Crippen LogP contribution in [-0.2, 0) is 0 Å². The van der Waals surface area contributed by atoms with Gasteiger partial charge in [-0.1, -0.05) is 31.5 Å². The van der Waals surface area contributed by atoms with Gasteiger partial charge in [0.25, 0.3) is 5.91 Å². The molecule has 1 amide bonds. The number of hydrogen-bond acceptors (Lipinski definition) is 3. The number of unbranched alkanes of at least 4 members (excludes halogenated alkanes) is 1. The molecule has 0 radical (unpaired) electrons. The third-order valence-corrected chi connectivity index (χ3v) is 2.93. The molecule has 3 N–H and O–H groups in total. The third-order valence-electron chi connectivity index (χ3n) is 2.93. The maximum Gasteiger partial charge on any atom is 0.278 e. The molecule has 0 atom stereocenters. The first-order valence-electron chi connectivity index (χ1n) is 6.39. The standard InChI is InChI=1S/C14H18N4O/c1-2-3-9-18(11-7-5-4-6-8-11)14(19)13-12(15)10-16-17-13/h4-8,10H,2-3,9,15H2,1H3,(H,16,17). The quantitative estimate of drug-likeness (QED) is 0.865. The molecule has 1 heterocycles. The number of anilines is 2. The molecule has 0 aliphatic rings. The second-order valence-electron chi connectivity index (χ2n) is 4.35. The van der Waals surface area contributed by atoms with Crippen LogP contribution in [0.1, 0.15) is 30.3 Å². The normalized spacial score (nSPS) is 10.4. The number of hydrogen-bond donors (Lipinski definition) is 2. The number of aromatic amines is 1. The maximum absolute atomic E-state index is 12.5. The number of benzene rings is 1. The summed E-state index contributed by atoms with van der Waals surface area (Å²) >= 11 is 0. The lowest BCUT2D eigenvalue weighted by molar-refractivity contribution is 0.0982. The van der Waals surface area contributed by atoms with Gasteiger partial charge in [0.05, 0.1) is 11.9 Å². The summed E-state index contributed by atoms with van der Waals surface area (Å²) in [5, 5.41) is 6.47. The second kappa shape index (κ2) is 6.04. The minimum absolute atomic E-state index is 0.144. The van der Waals surface area contributed by atoms with Gasteiger partial charge >= 0.3 is 0 Å². The van der Waals surface area contributed by atoms with E-state index in [1.807, 2.05) is 30.3 Å². The summed E-state index contributed by atoms with van der Waals surface area (Å²) in [6.45, 7) is 2.76. The summed E-state index contributed by atoms with van der Waals surface area (Å²) in [6, 6.07) is 9.59. The van der Waals surface area contributed by atoms with Gasteiger partial charge in [-0.25, -0.2) is 0 Å². The number of nitrogen functional groups attached to an aromatic ring is 1. The number of nitrogens with zero attached hydrogens (tertiary/aromatic N) is 2.